The van der Waals surface area contributed by atoms with Crippen LogP contribution in [0.15, 0.2) is 52.1 Å². The Morgan fingerprint density at radius 2 is 2.00 bits per heavy atom. The molecule has 0 saturated heterocycles. The van der Waals surface area contributed by atoms with E-state index in [1.807, 2.05) is 42.5 Å². The van der Waals surface area contributed by atoms with Crippen molar-refractivity contribution in [3.63, 3.8) is 0 Å². The molecule has 2 aromatic carbocycles. The van der Waals surface area contributed by atoms with Crippen molar-refractivity contribution >= 4 is 39.6 Å². The molecule has 0 aliphatic heterocycles. The van der Waals surface area contributed by atoms with Crippen molar-refractivity contribution in [2.75, 3.05) is 5.73 Å². The lowest BCUT2D eigenvalue weighted by Crippen LogP contribution is -1.83. The van der Waals surface area contributed by atoms with Crippen LogP contribution in [0.1, 0.15) is 5.82 Å². The Bertz CT molecular complexity index is 895. The van der Waals surface area contributed by atoms with E-state index < -0.39 is 0 Å². The highest BCUT2D eigenvalue weighted by Gasteiger charge is 2.08. The van der Waals surface area contributed by atoms with E-state index in [2.05, 4.69) is 15.0 Å². The van der Waals surface area contributed by atoms with E-state index in [-0.39, 0.29) is 0 Å². The zero-order valence-corrected chi connectivity index (χ0v) is 11.9. The highest BCUT2D eigenvalue weighted by Crippen LogP contribution is 2.26. The number of aromatic nitrogens is 3. The van der Waals surface area contributed by atoms with Gasteiger partial charge in [-0.2, -0.15) is 0 Å². The number of hydrogen-bond donors (Lipinski definition) is 2. The summed E-state index contributed by atoms with van der Waals surface area (Å²) < 4.78 is 5.67. The smallest absolute Gasteiger partial charge is 0.257 e. The van der Waals surface area contributed by atoms with Gasteiger partial charge in [0.05, 0.1) is 16.8 Å². The van der Waals surface area contributed by atoms with Crippen LogP contribution >= 0.6 is 11.8 Å². The quantitative estimate of drug-likeness (QED) is 0.446. The fraction of sp³-hybridized carbons (Fsp3) is 0.0667. The molecule has 0 fully saturated rings. The van der Waals surface area contributed by atoms with Gasteiger partial charge in [0.25, 0.3) is 5.22 Å². The lowest BCUT2D eigenvalue weighted by atomic mass is 10.3. The summed E-state index contributed by atoms with van der Waals surface area (Å²) in [4.78, 5) is 12.2. The van der Waals surface area contributed by atoms with Crippen molar-refractivity contribution in [2.45, 2.75) is 11.0 Å². The second-order valence-corrected chi connectivity index (χ2v) is 5.62. The average Bonchev–Trinajstić information content (AvgIpc) is 3.07. The number of aromatic amines is 1. The monoisotopic (exact) mass is 296 g/mol. The molecule has 6 heteroatoms. The Morgan fingerprint density at radius 1 is 1.10 bits per heavy atom. The number of oxazole rings is 1. The molecule has 0 unspecified atom stereocenters. The Labute approximate surface area is 124 Å². The first kappa shape index (κ1) is 12.3. The maximum atomic E-state index is 5.76. The van der Waals surface area contributed by atoms with Gasteiger partial charge in [-0.3, -0.25) is 0 Å². The maximum Gasteiger partial charge on any atom is 0.257 e. The third kappa shape index (κ3) is 2.34. The first-order valence-corrected chi connectivity index (χ1v) is 7.49. The Hall–Kier alpha value is -2.47. The Kier molecular flexibility index (Phi) is 2.82. The third-order valence-electron chi connectivity index (χ3n) is 3.16. The molecule has 0 spiro atoms. The summed E-state index contributed by atoms with van der Waals surface area (Å²) in [6.07, 6.45) is 0. The summed E-state index contributed by atoms with van der Waals surface area (Å²) in [5.74, 6) is 1.55. The van der Waals surface area contributed by atoms with Crippen LogP contribution in [0.5, 0.6) is 0 Å². The van der Waals surface area contributed by atoms with Gasteiger partial charge in [-0.1, -0.05) is 23.9 Å². The molecular formula is C15H12N4OS. The van der Waals surface area contributed by atoms with Crippen LogP contribution in [-0.4, -0.2) is 15.0 Å². The van der Waals surface area contributed by atoms with Gasteiger partial charge in [-0.25, -0.2) is 9.97 Å². The number of imidazole rings is 1. The molecule has 4 aromatic rings. The molecule has 0 saturated carbocycles. The molecule has 104 valence electrons. The zero-order chi connectivity index (χ0) is 14.2. The molecule has 0 aliphatic rings. The molecule has 2 heterocycles. The number of nitrogens with one attached hydrogen (secondary N) is 1. The summed E-state index contributed by atoms with van der Waals surface area (Å²) in [6.45, 7) is 0. The predicted octanol–water partition coefficient (Wildman–Crippen LogP) is 3.58. The summed E-state index contributed by atoms with van der Waals surface area (Å²) in [5, 5.41) is 0.649. The van der Waals surface area contributed by atoms with Gasteiger partial charge in [0.1, 0.15) is 11.3 Å². The topological polar surface area (TPSA) is 80.7 Å². The van der Waals surface area contributed by atoms with Crippen LogP contribution in [0.3, 0.4) is 0 Å². The van der Waals surface area contributed by atoms with E-state index in [1.165, 1.54) is 11.8 Å². The number of hydrogen-bond acceptors (Lipinski definition) is 5. The van der Waals surface area contributed by atoms with E-state index in [1.54, 1.807) is 0 Å². The molecular weight excluding hydrogens is 284 g/mol. The number of rotatable bonds is 3. The van der Waals surface area contributed by atoms with Crippen LogP contribution in [-0.2, 0) is 5.75 Å². The molecule has 0 aliphatic carbocycles. The van der Waals surface area contributed by atoms with E-state index in [9.17, 15) is 0 Å². The number of thioether (sulfide) groups is 1. The number of fused-ring (bicyclic) bond motifs is 2. The molecule has 0 bridgehead atoms. The lowest BCUT2D eigenvalue weighted by Gasteiger charge is -1.92. The summed E-state index contributed by atoms with van der Waals surface area (Å²) in [5.41, 5.74) is 10.0. The van der Waals surface area contributed by atoms with Crippen molar-refractivity contribution in [3.8, 4) is 0 Å². The highest BCUT2D eigenvalue weighted by atomic mass is 32.2. The van der Waals surface area contributed by atoms with Crippen molar-refractivity contribution < 1.29 is 4.42 Å². The second kappa shape index (κ2) is 4.82. The minimum atomic E-state index is 0.649. The number of benzene rings is 2. The third-order valence-corrected chi connectivity index (χ3v) is 4.00. The molecule has 0 atom stereocenters. The molecule has 0 amide bonds. The van der Waals surface area contributed by atoms with E-state index >= 15 is 0 Å². The standard InChI is InChI=1S/C15H12N4OS/c16-9-5-6-10-12(7-9)18-14(17-10)8-21-15-19-11-3-1-2-4-13(11)20-15/h1-7H,8,16H2,(H,17,18). The number of para-hydroxylation sites is 2. The largest absolute Gasteiger partial charge is 0.431 e. The van der Waals surface area contributed by atoms with E-state index in [4.69, 9.17) is 10.2 Å². The van der Waals surface area contributed by atoms with Gasteiger partial charge < -0.3 is 15.1 Å². The van der Waals surface area contributed by atoms with Crippen molar-refractivity contribution in [1.29, 1.82) is 0 Å². The first-order chi connectivity index (χ1) is 10.3. The first-order valence-electron chi connectivity index (χ1n) is 6.50. The van der Waals surface area contributed by atoms with Crippen molar-refractivity contribution in [2.24, 2.45) is 0 Å². The van der Waals surface area contributed by atoms with E-state index in [0.29, 0.717) is 11.0 Å². The second-order valence-electron chi connectivity index (χ2n) is 4.70. The van der Waals surface area contributed by atoms with Gasteiger partial charge in [-0.15, -0.1) is 0 Å². The minimum Gasteiger partial charge on any atom is -0.431 e. The number of nitrogen functional groups attached to an aromatic ring is 1. The molecule has 5 nitrogen and oxygen atoms in total. The average molecular weight is 296 g/mol. The SMILES string of the molecule is Nc1ccc2nc(CSc3nc4ccccc4o3)[nH]c2c1. The van der Waals surface area contributed by atoms with Crippen molar-refractivity contribution in [1.82, 2.24) is 15.0 Å². The number of anilines is 1. The summed E-state index contributed by atoms with van der Waals surface area (Å²) >= 11 is 1.52. The highest BCUT2D eigenvalue weighted by molar-refractivity contribution is 7.98. The molecule has 0 radical (unpaired) electrons. The zero-order valence-electron chi connectivity index (χ0n) is 11.0. The number of nitrogens with zero attached hydrogens (tertiary/aromatic N) is 2. The van der Waals surface area contributed by atoms with Gasteiger partial charge in [-0.05, 0) is 30.3 Å². The van der Waals surface area contributed by atoms with Gasteiger partial charge in [0.2, 0.25) is 0 Å². The Morgan fingerprint density at radius 3 is 2.90 bits per heavy atom. The van der Waals surface area contributed by atoms with E-state index in [0.717, 1.165) is 33.6 Å². The number of H-pyrrole nitrogens is 1. The summed E-state index contributed by atoms with van der Waals surface area (Å²) in [6, 6.07) is 13.4. The van der Waals surface area contributed by atoms with Crippen LogP contribution in [0.4, 0.5) is 5.69 Å². The van der Waals surface area contributed by atoms with Crippen molar-refractivity contribution in [3.05, 3.63) is 48.3 Å². The number of nitrogens with two attached hydrogens (primary N) is 1. The lowest BCUT2D eigenvalue weighted by molar-refractivity contribution is 0.489. The fourth-order valence-corrected chi connectivity index (χ4v) is 2.90. The molecule has 21 heavy (non-hydrogen) atoms. The van der Waals surface area contributed by atoms with Crippen LogP contribution in [0.25, 0.3) is 22.1 Å². The molecule has 2 aromatic heterocycles. The maximum absolute atomic E-state index is 5.76. The van der Waals surface area contributed by atoms with Crippen LogP contribution in [0, 0.1) is 0 Å². The van der Waals surface area contributed by atoms with Crippen LogP contribution in [0.2, 0.25) is 0 Å². The van der Waals surface area contributed by atoms with Crippen LogP contribution < -0.4 is 5.73 Å². The van der Waals surface area contributed by atoms with Gasteiger partial charge in [0.15, 0.2) is 5.58 Å². The minimum absolute atomic E-state index is 0.649. The normalized spacial score (nSPS) is 11.4. The molecule has 4 rings (SSSR count). The van der Waals surface area contributed by atoms with Gasteiger partial charge in [0, 0.05) is 5.69 Å². The Balaban J connectivity index is 1.57. The molecule has 3 N–H and O–H groups in total. The summed E-state index contributed by atoms with van der Waals surface area (Å²) in [7, 11) is 0. The predicted molar refractivity (Wildman–Crippen MR) is 84.1 cm³/mol. The fourth-order valence-electron chi connectivity index (χ4n) is 2.19. The van der Waals surface area contributed by atoms with Gasteiger partial charge >= 0.3 is 0 Å².